The number of rotatable bonds is 7. The number of benzene rings is 2. The van der Waals surface area contributed by atoms with Gasteiger partial charge in [0.15, 0.2) is 5.82 Å². The number of hydrogen-bond acceptors (Lipinski definition) is 5. The molecular formula is C22H24N4O2. The summed E-state index contributed by atoms with van der Waals surface area (Å²) in [4.78, 5) is 23.1. The van der Waals surface area contributed by atoms with Crippen molar-refractivity contribution in [3.63, 3.8) is 0 Å². The van der Waals surface area contributed by atoms with Crippen LogP contribution >= 0.6 is 0 Å². The maximum absolute atomic E-state index is 12.4. The number of ether oxygens (including phenoxy) is 1. The Labute approximate surface area is 165 Å². The average molecular weight is 376 g/mol. The Hall–Kier alpha value is -3.41. The highest BCUT2D eigenvalue weighted by atomic mass is 16.5. The number of methoxy groups -OCH3 is 1. The second-order valence-electron chi connectivity index (χ2n) is 6.37. The molecule has 0 atom stereocenters. The van der Waals surface area contributed by atoms with Crippen LogP contribution in [-0.4, -0.2) is 29.5 Å². The molecule has 6 nitrogen and oxygen atoms in total. The molecular weight excluding hydrogens is 352 g/mol. The van der Waals surface area contributed by atoms with Crippen LogP contribution in [0.15, 0.2) is 60.9 Å². The Morgan fingerprint density at radius 2 is 1.89 bits per heavy atom. The van der Waals surface area contributed by atoms with E-state index in [1.165, 1.54) is 11.8 Å². The van der Waals surface area contributed by atoms with Crippen molar-refractivity contribution in [2.45, 2.75) is 20.4 Å². The Morgan fingerprint density at radius 1 is 1.11 bits per heavy atom. The van der Waals surface area contributed by atoms with Gasteiger partial charge >= 0.3 is 0 Å². The van der Waals surface area contributed by atoms with Crippen molar-refractivity contribution in [1.82, 2.24) is 15.3 Å². The summed E-state index contributed by atoms with van der Waals surface area (Å²) in [6.45, 7) is 5.27. The lowest BCUT2D eigenvalue weighted by Crippen LogP contribution is -2.24. The predicted octanol–water partition coefficient (Wildman–Crippen LogP) is 3.88. The SMILES string of the molecule is CCN(c1cccc(C)c1)c1cnc(C(=O)NCc2ccc(OC)cc2)cn1. The normalized spacial score (nSPS) is 10.4. The standard InChI is InChI=1S/C22H24N4O2/c1-4-26(18-7-5-6-16(2)12-18)21-15-23-20(14-24-21)22(27)25-13-17-8-10-19(28-3)11-9-17/h5-12,14-15H,4,13H2,1-3H3,(H,25,27). The molecule has 0 unspecified atom stereocenters. The maximum atomic E-state index is 12.4. The van der Waals surface area contributed by atoms with Crippen LogP contribution in [-0.2, 0) is 6.54 Å². The van der Waals surface area contributed by atoms with Crippen molar-refractivity contribution in [2.75, 3.05) is 18.6 Å². The van der Waals surface area contributed by atoms with E-state index in [0.29, 0.717) is 12.4 Å². The van der Waals surface area contributed by atoms with Gasteiger partial charge in [-0.3, -0.25) is 4.79 Å². The number of nitrogens with one attached hydrogen (secondary N) is 1. The highest BCUT2D eigenvalue weighted by molar-refractivity contribution is 5.92. The molecule has 1 aromatic heterocycles. The van der Waals surface area contributed by atoms with Gasteiger partial charge in [0.25, 0.3) is 5.91 Å². The number of amides is 1. The van der Waals surface area contributed by atoms with E-state index in [2.05, 4.69) is 46.2 Å². The van der Waals surface area contributed by atoms with Crippen LogP contribution in [0.25, 0.3) is 0 Å². The van der Waals surface area contributed by atoms with Crippen LogP contribution in [0.2, 0.25) is 0 Å². The lowest BCUT2D eigenvalue weighted by atomic mass is 10.2. The first-order valence-electron chi connectivity index (χ1n) is 9.18. The number of nitrogens with zero attached hydrogens (tertiary/aromatic N) is 3. The number of carbonyl (C=O) groups excluding carboxylic acids is 1. The highest BCUT2D eigenvalue weighted by Crippen LogP contribution is 2.23. The van der Waals surface area contributed by atoms with Crippen LogP contribution in [0.4, 0.5) is 11.5 Å². The summed E-state index contributed by atoms with van der Waals surface area (Å²) in [6, 6.07) is 15.8. The van der Waals surface area contributed by atoms with Crippen LogP contribution in [0, 0.1) is 6.92 Å². The Kier molecular flexibility index (Phi) is 6.22. The number of hydrogen-bond donors (Lipinski definition) is 1. The van der Waals surface area contributed by atoms with Crippen molar-refractivity contribution in [1.29, 1.82) is 0 Å². The van der Waals surface area contributed by atoms with Gasteiger partial charge in [-0.1, -0.05) is 24.3 Å². The zero-order valence-electron chi connectivity index (χ0n) is 16.3. The molecule has 1 amide bonds. The van der Waals surface area contributed by atoms with Crippen molar-refractivity contribution in [2.24, 2.45) is 0 Å². The monoisotopic (exact) mass is 376 g/mol. The first kappa shape index (κ1) is 19.4. The molecule has 0 bridgehead atoms. The predicted molar refractivity (Wildman–Crippen MR) is 110 cm³/mol. The third kappa shape index (κ3) is 4.65. The molecule has 1 heterocycles. The first-order chi connectivity index (χ1) is 13.6. The van der Waals surface area contributed by atoms with Crippen molar-refractivity contribution < 1.29 is 9.53 Å². The lowest BCUT2D eigenvalue weighted by Gasteiger charge is -2.22. The highest BCUT2D eigenvalue weighted by Gasteiger charge is 2.12. The minimum absolute atomic E-state index is 0.256. The summed E-state index contributed by atoms with van der Waals surface area (Å²) in [5, 5.41) is 2.86. The minimum Gasteiger partial charge on any atom is -0.497 e. The second-order valence-corrected chi connectivity index (χ2v) is 6.37. The Bertz CT molecular complexity index is 924. The molecule has 0 aliphatic rings. The quantitative estimate of drug-likeness (QED) is 0.678. The molecule has 0 aliphatic heterocycles. The molecule has 1 N–H and O–H groups in total. The lowest BCUT2D eigenvalue weighted by molar-refractivity contribution is 0.0945. The maximum Gasteiger partial charge on any atom is 0.271 e. The number of aromatic nitrogens is 2. The minimum atomic E-state index is -0.256. The van der Waals surface area contributed by atoms with Gasteiger partial charge in [-0.2, -0.15) is 0 Å². The van der Waals surface area contributed by atoms with Crippen molar-refractivity contribution >= 4 is 17.4 Å². The average Bonchev–Trinajstić information content (AvgIpc) is 2.73. The van der Waals surface area contributed by atoms with E-state index < -0.39 is 0 Å². The largest absolute Gasteiger partial charge is 0.497 e. The van der Waals surface area contributed by atoms with Crippen LogP contribution in [0.5, 0.6) is 5.75 Å². The van der Waals surface area contributed by atoms with Crippen molar-refractivity contribution in [3.8, 4) is 5.75 Å². The summed E-state index contributed by atoms with van der Waals surface area (Å²) < 4.78 is 5.13. The Balaban J connectivity index is 1.66. The number of carbonyl (C=O) groups is 1. The van der Waals surface area contributed by atoms with Crippen molar-refractivity contribution in [3.05, 3.63) is 77.7 Å². The molecule has 0 aliphatic carbocycles. The van der Waals surface area contributed by atoms with Gasteiger partial charge in [0.1, 0.15) is 11.4 Å². The zero-order valence-corrected chi connectivity index (χ0v) is 16.3. The van der Waals surface area contributed by atoms with E-state index in [-0.39, 0.29) is 11.6 Å². The van der Waals surface area contributed by atoms with Crippen LogP contribution in [0.1, 0.15) is 28.5 Å². The molecule has 0 fully saturated rings. The van der Waals surface area contributed by atoms with E-state index in [1.54, 1.807) is 13.3 Å². The molecule has 0 saturated carbocycles. The van der Waals surface area contributed by atoms with Gasteiger partial charge in [-0.05, 0) is 49.2 Å². The van der Waals surface area contributed by atoms with E-state index in [0.717, 1.165) is 23.5 Å². The van der Waals surface area contributed by atoms with Gasteiger partial charge in [0.05, 0.1) is 19.5 Å². The summed E-state index contributed by atoms with van der Waals surface area (Å²) in [6.07, 6.45) is 3.14. The fourth-order valence-electron chi connectivity index (χ4n) is 2.87. The van der Waals surface area contributed by atoms with Gasteiger partial charge in [-0.15, -0.1) is 0 Å². The summed E-state index contributed by atoms with van der Waals surface area (Å²) in [5.74, 6) is 1.24. The Morgan fingerprint density at radius 3 is 2.50 bits per heavy atom. The zero-order chi connectivity index (χ0) is 19.9. The molecule has 2 aromatic carbocycles. The summed E-state index contributed by atoms with van der Waals surface area (Å²) in [7, 11) is 1.62. The van der Waals surface area contributed by atoms with Gasteiger partial charge in [-0.25, -0.2) is 9.97 Å². The van der Waals surface area contributed by atoms with Gasteiger partial charge in [0.2, 0.25) is 0 Å². The van der Waals surface area contributed by atoms with Crippen LogP contribution < -0.4 is 15.0 Å². The van der Waals surface area contributed by atoms with E-state index in [4.69, 9.17) is 4.74 Å². The molecule has 144 valence electrons. The number of anilines is 2. The molecule has 3 aromatic rings. The van der Waals surface area contributed by atoms with Crippen LogP contribution in [0.3, 0.4) is 0 Å². The molecule has 28 heavy (non-hydrogen) atoms. The third-order valence-corrected chi connectivity index (χ3v) is 4.39. The van der Waals surface area contributed by atoms with Gasteiger partial charge in [0, 0.05) is 18.8 Å². The molecule has 3 rings (SSSR count). The topological polar surface area (TPSA) is 67.4 Å². The second kappa shape index (κ2) is 8.99. The smallest absolute Gasteiger partial charge is 0.271 e. The summed E-state index contributed by atoms with van der Waals surface area (Å²) in [5.41, 5.74) is 3.50. The van der Waals surface area contributed by atoms with Gasteiger partial charge < -0.3 is 15.0 Å². The summed E-state index contributed by atoms with van der Waals surface area (Å²) >= 11 is 0. The fraction of sp³-hybridized carbons (Fsp3) is 0.227. The fourth-order valence-corrected chi connectivity index (χ4v) is 2.87. The first-order valence-corrected chi connectivity index (χ1v) is 9.18. The van der Waals surface area contributed by atoms with E-state index >= 15 is 0 Å². The molecule has 0 radical (unpaired) electrons. The molecule has 6 heteroatoms. The molecule has 0 saturated heterocycles. The van der Waals surface area contributed by atoms with E-state index in [9.17, 15) is 4.79 Å². The third-order valence-electron chi connectivity index (χ3n) is 4.39. The number of aryl methyl sites for hydroxylation is 1. The van der Waals surface area contributed by atoms with E-state index in [1.807, 2.05) is 36.4 Å². The molecule has 0 spiro atoms.